The van der Waals surface area contributed by atoms with E-state index < -0.39 is 0 Å². The van der Waals surface area contributed by atoms with E-state index in [4.69, 9.17) is 0 Å². The van der Waals surface area contributed by atoms with Crippen LogP contribution in [0.4, 0.5) is 0 Å². The third kappa shape index (κ3) is 3.91. The zero-order valence-corrected chi connectivity index (χ0v) is 12.1. The van der Waals surface area contributed by atoms with E-state index in [0.29, 0.717) is 11.5 Å². The maximum atomic E-state index is 3.60. The van der Waals surface area contributed by atoms with E-state index in [-0.39, 0.29) is 0 Å². The van der Waals surface area contributed by atoms with Crippen LogP contribution in [0.15, 0.2) is 12.1 Å². The highest BCUT2D eigenvalue weighted by molar-refractivity contribution is 7.11. The Kier molecular flexibility index (Phi) is 5.00. The molecule has 92 valence electrons. The normalized spacial score (nSPS) is 14.1. The number of hydrogen-bond donors (Lipinski definition) is 1. The summed E-state index contributed by atoms with van der Waals surface area (Å²) in [7, 11) is 0. The number of hydrogen-bond acceptors (Lipinski definition) is 2. The molecule has 0 bridgehead atoms. The summed E-state index contributed by atoms with van der Waals surface area (Å²) in [6.45, 7) is 12.4. The molecule has 0 spiro atoms. The molecule has 1 nitrogen and oxygen atoms in total. The number of rotatable bonds is 5. The van der Waals surface area contributed by atoms with Gasteiger partial charge in [0.15, 0.2) is 0 Å². The number of likely N-dealkylation sites (N-methyl/N-ethyl adjacent to an activating group) is 1. The molecular weight excluding hydrogens is 214 g/mol. The van der Waals surface area contributed by atoms with Gasteiger partial charge in [0.25, 0.3) is 0 Å². The zero-order chi connectivity index (χ0) is 12.2. The second-order valence-electron chi connectivity index (χ2n) is 5.40. The maximum absolute atomic E-state index is 3.60. The topological polar surface area (TPSA) is 12.0 Å². The van der Waals surface area contributed by atoms with Crippen LogP contribution < -0.4 is 5.32 Å². The number of nitrogens with one attached hydrogen (secondary N) is 1. The van der Waals surface area contributed by atoms with Crippen molar-refractivity contribution in [2.75, 3.05) is 6.54 Å². The van der Waals surface area contributed by atoms with Gasteiger partial charge in [-0.3, -0.25) is 0 Å². The lowest BCUT2D eigenvalue weighted by molar-refractivity contribution is 0.271. The Hall–Kier alpha value is -0.340. The molecular formula is C14H25NS. The summed E-state index contributed by atoms with van der Waals surface area (Å²) in [6.07, 6.45) is 2.31. The molecule has 2 heteroatoms. The molecule has 1 atom stereocenters. The SMILES string of the molecule is CCNC(Cc1ccc(CC)s1)C(C)(C)C. The lowest BCUT2D eigenvalue weighted by Crippen LogP contribution is -2.41. The molecule has 1 unspecified atom stereocenters. The molecule has 0 aliphatic carbocycles. The van der Waals surface area contributed by atoms with Crippen molar-refractivity contribution in [2.45, 2.75) is 53.5 Å². The predicted octanol–water partition coefficient (Wildman–Crippen LogP) is 3.88. The van der Waals surface area contributed by atoms with Gasteiger partial charge in [-0.15, -0.1) is 11.3 Å². The average molecular weight is 239 g/mol. The number of thiophene rings is 1. The predicted molar refractivity (Wildman–Crippen MR) is 74.3 cm³/mol. The van der Waals surface area contributed by atoms with Crippen molar-refractivity contribution >= 4 is 11.3 Å². The quantitative estimate of drug-likeness (QED) is 0.822. The molecule has 1 N–H and O–H groups in total. The minimum atomic E-state index is 0.326. The van der Waals surface area contributed by atoms with E-state index in [9.17, 15) is 0 Å². The van der Waals surface area contributed by atoms with E-state index in [1.807, 2.05) is 11.3 Å². The minimum absolute atomic E-state index is 0.326. The Morgan fingerprint density at radius 2 is 1.81 bits per heavy atom. The van der Waals surface area contributed by atoms with Gasteiger partial charge < -0.3 is 5.32 Å². The summed E-state index contributed by atoms with van der Waals surface area (Å²) in [5.41, 5.74) is 0.326. The molecule has 0 aliphatic heterocycles. The fraction of sp³-hybridized carbons (Fsp3) is 0.714. The Morgan fingerprint density at radius 1 is 1.19 bits per heavy atom. The van der Waals surface area contributed by atoms with Gasteiger partial charge in [0.2, 0.25) is 0 Å². The molecule has 0 saturated carbocycles. The van der Waals surface area contributed by atoms with E-state index in [1.54, 1.807) is 0 Å². The van der Waals surface area contributed by atoms with Crippen LogP contribution >= 0.6 is 11.3 Å². The maximum Gasteiger partial charge on any atom is 0.0164 e. The third-order valence-corrected chi connectivity index (χ3v) is 4.22. The van der Waals surface area contributed by atoms with E-state index in [0.717, 1.165) is 19.4 Å². The highest BCUT2D eigenvalue weighted by Crippen LogP contribution is 2.26. The van der Waals surface area contributed by atoms with Crippen molar-refractivity contribution in [2.24, 2.45) is 5.41 Å². The zero-order valence-electron chi connectivity index (χ0n) is 11.3. The summed E-state index contributed by atoms with van der Waals surface area (Å²) in [6, 6.07) is 5.13. The monoisotopic (exact) mass is 239 g/mol. The second kappa shape index (κ2) is 5.83. The molecule has 1 aromatic rings. The molecule has 16 heavy (non-hydrogen) atoms. The van der Waals surface area contributed by atoms with Gasteiger partial charge in [0.1, 0.15) is 0 Å². The van der Waals surface area contributed by atoms with E-state index in [2.05, 4.69) is 52.1 Å². The summed E-state index contributed by atoms with van der Waals surface area (Å²) in [4.78, 5) is 3.01. The summed E-state index contributed by atoms with van der Waals surface area (Å²) in [5, 5.41) is 3.60. The van der Waals surface area contributed by atoms with Crippen LogP contribution in [0.2, 0.25) is 0 Å². The molecule has 1 heterocycles. The van der Waals surface area contributed by atoms with Gasteiger partial charge in [-0.1, -0.05) is 34.6 Å². The fourth-order valence-corrected chi connectivity index (χ4v) is 2.86. The Morgan fingerprint density at radius 3 is 2.25 bits per heavy atom. The van der Waals surface area contributed by atoms with Gasteiger partial charge in [0.05, 0.1) is 0 Å². The highest BCUT2D eigenvalue weighted by atomic mass is 32.1. The van der Waals surface area contributed by atoms with Crippen LogP contribution in [0.25, 0.3) is 0 Å². The first-order chi connectivity index (χ1) is 7.47. The van der Waals surface area contributed by atoms with Gasteiger partial charge in [-0.2, -0.15) is 0 Å². The Labute approximate surface area is 104 Å². The first-order valence-electron chi connectivity index (χ1n) is 6.28. The van der Waals surface area contributed by atoms with Crippen LogP contribution in [-0.2, 0) is 12.8 Å². The third-order valence-electron chi connectivity index (χ3n) is 2.97. The van der Waals surface area contributed by atoms with Crippen molar-refractivity contribution in [1.82, 2.24) is 5.32 Å². The highest BCUT2D eigenvalue weighted by Gasteiger charge is 2.24. The first-order valence-corrected chi connectivity index (χ1v) is 7.10. The smallest absolute Gasteiger partial charge is 0.0164 e. The van der Waals surface area contributed by atoms with Crippen molar-refractivity contribution in [1.29, 1.82) is 0 Å². The molecule has 1 rings (SSSR count). The van der Waals surface area contributed by atoms with Gasteiger partial charge >= 0.3 is 0 Å². The fourth-order valence-electron chi connectivity index (χ4n) is 1.85. The Balaban J connectivity index is 2.67. The summed E-state index contributed by atoms with van der Waals surface area (Å²) >= 11 is 1.96. The minimum Gasteiger partial charge on any atom is -0.313 e. The van der Waals surface area contributed by atoms with Crippen molar-refractivity contribution in [3.05, 3.63) is 21.9 Å². The molecule has 0 amide bonds. The average Bonchev–Trinajstić information content (AvgIpc) is 2.63. The van der Waals surface area contributed by atoms with Crippen LogP contribution in [0.1, 0.15) is 44.4 Å². The summed E-state index contributed by atoms with van der Waals surface area (Å²) in [5.74, 6) is 0. The molecule has 0 aromatic carbocycles. The van der Waals surface area contributed by atoms with Crippen LogP contribution in [-0.4, -0.2) is 12.6 Å². The standard InChI is InChI=1S/C14H25NS/c1-6-11-8-9-12(16-11)10-13(15-7-2)14(3,4)5/h8-9,13,15H,6-7,10H2,1-5H3. The molecule has 0 aliphatic rings. The molecule has 0 radical (unpaired) electrons. The largest absolute Gasteiger partial charge is 0.313 e. The van der Waals surface area contributed by atoms with Crippen LogP contribution in [0.3, 0.4) is 0 Å². The van der Waals surface area contributed by atoms with Crippen molar-refractivity contribution in [3.8, 4) is 0 Å². The van der Waals surface area contributed by atoms with Gasteiger partial charge in [-0.05, 0) is 36.9 Å². The van der Waals surface area contributed by atoms with Crippen molar-refractivity contribution < 1.29 is 0 Å². The first kappa shape index (κ1) is 13.7. The van der Waals surface area contributed by atoms with Gasteiger partial charge in [-0.25, -0.2) is 0 Å². The second-order valence-corrected chi connectivity index (χ2v) is 6.65. The van der Waals surface area contributed by atoms with Crippen LogP contribution in [0, 0.1) is 5.41 Å². The van der Waals surface area contributed by atoms with Crippen molar-refractivity contribution in [3.63, 3.8) is 0 Å². The molecule has 0 saturated heterocycles. The summed E-state index contributed by atoms with van der Waals surface area (Å²) < 4.78 is 0. The molecule has 1 aromatic heterocycles. The van der Waals surface area contributed by atoms with Gasteiger partial charge in [0, 0.05) is 15.8 Å². The Bertz CT molecular complexity index is 309. The van der Waals surface area contributed by atoms with E-state index in [1.165, 1.54) is 9.75 Å². The lowest BCUT2D eigenvalue weighted by atomic mass is 9.84. The van der Waals surface area contributed by atoms with Crippen LogP contribution in [0.5, 0.6) is 0 Å². The van der Waals surface area contributed by atoms with E-state index >= 15 is 0 Å². The molecule has 0 fully saturated rings. The number of aryl methyl sites for hydroxylation is 1. The lowest BCUT2D eigenvalue weighted by Gasteiger charge is -2.31.